The van der Waals surface area contributed by atoms with Gasteiger partial charge in [-0.05, 0) is 0 Å². The number of allylic oxidation sites excluding steroid dienone is 2. The van der Waals surface area contributed by atoms with Crippen molar-refractivity contribution in [3.8, 4) is 0 Å². The molecule has 0 aliphatic carbocycles. The zero-order chi connectivity index (χ0) is 16.0. The molecule has 3 heteroatoms. The predicted octanol–water partition coefficient (Wildman–Crippen LogP) is 4.73. The molecule has 1 aromatic carbocycles. The maximum atomic E-state index is 11.8. The monoisotopic (exact) mass is 405 g/mol. The Labute approximate surface area is 138 Å². The zero-order valence-electron chi connectivity index (χ0n) is 14.0. The summed E-state index contributed by atoms with van der Waals surface area (Å²) in [7, 11) is 0. The van der Waals surface area contributed by atoms with Gasteiger partial charge in [0.05, 0.1) is 0 Å². The van der Waals surface area contributed by atoms with Crippen molar-refractivity contribution in [3.05, 3.63) is 58.3 Å². The molecule has 0 aromatic heterocycles. The van der Waals surface area contributed by atoms with E-state index in [1.165, 1.54) is 5.56 Å². The van der Waals surface area contributed by atoms with Crippen LogP contribution < -0.4 is 0 Å². The molecule has 1 atom stereocenters. The molecule has 0 N–H and O–H groups in total. The molecule has 0 saturated carbocycles. The Kier molecular flexibility index (Phi) is 6.30. The van der Waals surface area contributed by atoms with Gasteiger partial charge in [-0.15, -0.1) is 0 Å². The number of carbonyl (C=O) groups excluding carboxylic acids is 1. The van der Waals surface area contributed by atoms with Crippen molar-refractivity contribution < 1.29 is 4.79 Å². The molecule has 1 unspecified atom stereocenters. The van der Waals surface area contributed by atoms with Gasteiger partial charge in [0, 0.05) is 0 Å². The number of carbonyl (C=O) groups is 1. The summed E-state index contributed by atoms with van der Waals surface area (Å²) in [5.74, 6) is 0.229. The molecule has 2 nitrogen and oxygen atoms in total. The van der Waals surface area contributed by atoms with Gasteiger partial charge in [0.25, 0.3) is 0 Å². The summed E-state index contributed by atoms with van der Waals surface area (Å²) >= 11 is -1.76. The van der Waals surface area contributed by atoms with Crippen molar-refractivity contribution in [2.75, 3.05) is 6.54 Å². The Bertz CT molecular complexity index is 542. The molecule has 1 aliphatic rings. The van der Waals surface area contributed by atoms with Crippen LogP contribution in [0, 0.1) is 0 Å². The van der Waals surface area contributed by atoms with Gasteiger partial charge in [-0.3, -0.25) is 0 Å². The molecule has 22 heavy (non-hydrogen) atoms. The molecule has 1 heterocycles. The first-order valence-corrected chi connectivity index (χ1v) is 18.4. The molecule has 118 valence electrons. The Morgan fingerprint density at radius 1 is 1.23 bits per heavy atom. The number of unbranched alkanes of at least 4 members (excludes halogenated alkanes) is 1. The number of hydrogen-bond acceptors (Lipinski definition) is 2. The molecule has 1 aliphatic heterocycles. The quantitative estimate of drug-likeness (QED) is 0.505. The third-order valence-electron chi connectivity index (χ3n) is 3.84. The van der Waals surface area contributed by atoms with Crippen molar-refractivity contribution in [1.82, 2.24) is 4.90 Å². The van der Waals surface area contributed by atoms with Gasteiger partial charge in [-0.2, -0.15) is 0 Å². The predicted molar refractivity (Wildman–Crippen MR) is 96.4 cm³/mol. The van der Waals surface area contributed by atoms with Crippen LogP contribution >= 0.6 is 0 Å². The Morgan fingerprint density at radius 3 is 2.64 bits per heavy atom. The van der Waals surface area contributed by atoms with Gasteiger partial charge < -0.3 is 0 Å². The SMILES string of the molecule is [CH3][Sn]([CH3])([CH3])/[CH]=C/CCCN1C=CC(=O)CC1c1ccccc1. The van der Waals surface area contributed by atoms with Gasteiger partial charge >= 0.3 is 139 Å². The molecule has 1 aromatic rings. The number of hydrogen-bond donors (Lipinski definition) is 0. The summed E-state index contributed by atoms with van der Waals surface area (Å²) < 4.78 is 2.49. The summed E-state index contributed by atoms with van der Waals surface area (Å²) in [5, 5.41) is 0. The number of ketones is 1. The first-order chi connectivity index (χ1) is 10.5. The van der Waals surface area contributed by atoms with Crippen molar-refractivity contribution in [2.24, 2.45) is 0 Å². The van der Waals surface area contributed by atoms with E-state index in [0.717, 1.165) is 19.4 Å². The average Bonchev–Trinajstić information content (AvgIpc) is 2.48. The van der Waals surface area contributed by atoms with E-state index in [-0.39, 0.29) is 11.8 Å². The van der Waals surface area contributed by atoms with Gasteiger partial charge in [0.15, 0.2) is 0 Å². The molecule has 0 bridgehead atoms. The van der Waals surface area contributed by atoms with Gasteiger partial charge in [-0.1, -0.05) is 0 Å². The van der Waals surface area contributed by atoms with E-state index in [1.54, 1.807) is 6.08 Å². The Hall–Kier alpha value is -1.03. The van der Waals surface area contributed by atoms with Crippen molar-refractivity contribution in [3.63, 3.8) is 0 Å². The van der Waals surface area contributed by atoms with Crippen LogP contribution in [0.2, 0.25) is 14.8 Å². The van der Waals surface area contributed by atoms with E-state index in [0.29, 0.717) is 6.42 Å². The minimum absolute atomic E-state index is 0.199. The molecule has 0 spiro atoms. The molecule has 0 fully saturated rings. The summed E-state index contributed by atoms with van der Waals surface area (Å²) in [5.41, 5.74) is 1.24. The summed E-state index contributed by atoms with van der Waals surface area (Å²) in [4.78, 5) is 21.4. The molecule has 0 amide bonds. The second kappa shape index (κ2) is 8.00. The van der Waals surface area contributed by atoms with Crippen LogP contribution in [0.3, 0.4) is 0 Å². The zero-order valence-corrected chi connectivity index (χ0v) is 16.8. The molecular formula is C19H27NOSn. The molecule has 0 saturated heterocycles. The number of rotatable bonds is 6. The van der Waals surface area contributed by atoms with Crippen molar-refractivity contribution >= 4 is 24.2 Å². The Balaban J connectivity index is 1.94. The van der Waals surface area contributed by atoms with Crippen LogP contribution in [0.15, 0.2) is 52.8 Å². The molecule has 2 rings (SSSR count). The third kappa shape index (κ3) is 5.63. The van der Waals surface area contributed by atoms with Crippen molar-refractivity contribution in [1.29, 1.82) is 0 Å². The fraction of sp³-hybridized carbons (Fsp3) is 0.421. The summed E-state index contributed by atoms with van der Waals surface area (Å²) in [6.07, 6.45) is 8.94. The first-order valence-electron chi connectivity index (χ1n) is 8.15. The first kappa shape index (κ1) is 17.3. The van der Waals surface area contributed by atoms with E-state index in [2.05, 4.69) is 54.2 Å². The average molecular weight is 404 g/mol. The van der Waals surface area contributed by atoms with Gasteiger partial charge in [-0.25, -0.2) is 0 Å². The third-order valence-corrected chi connectivity index (χ3v) is 7.36. The van der Waals surface area contributed by atoms with Gasteiger partial charge in [0.1, 0.15) is 0 Å². The van der Waals surface area contributed by atoms with Crippen molar-refractivity contribution in [2.45, 2.75) is 40.1 Å². The van der Waals surface area contributed by atoms with E-state index in [4.69, 9.17) is 0 Å². The fourth-order valence-corrected chi connectivity index (χ4v) is 5.20. The Morgan fingerprint density at radius 2 is 1.95 bits per heavy atom. The second-order valence-corrected chi connectivity index (χ2v) is 21.5. The van der Waals surface area contributed by atoms with E-state index < -0.39 is 18.4 Å². The topological polar surface area (TPSA) is 20.3 Å². The van der Waals surface area contributed by atoms with Crippen LogP contribution in [-0.2, 0) is 4.79 Å². The van der Waals surface area contributed by atoms with Crippen LogP contribution in [-0.4, -0.2) is 35.6 Å². The van der Waals surface area contributed by atoms with E-state index in [9.17, 15) is 4.79 Å². The van der Waals surface area contributed by atoms with Crippen LogP contribution in [0.5, 0.6) is 0 Å². The standard InChI is InChI=1S/C16H18NO.3CH3.Sn/c1-2-3-7-11-17-12-10-15(18)13-16(17)14-8-5-4-6-9-14;;;;/h1-2,4-6,8-10,12,16H,3,7,11,13H2;3*1H3;. The molecular weight excluding hydrogens is 377 g/mol. The van der Waals surface area contributed by atoms with E-state index >= 15 is 0 Å². The van der Waals surface area contributed by atoms with Crippen LogP contribution in [0.1, 0.15) is 30.9 Å². The van der Waals surface area contributed by atoms with Crippen LogP contribution in [0.25, 0.3) is 0 Å². The van der Waals surface area contributed by atoms with Gasteiger partial charge in [0.2, 0.25) is 0 Å². The second-order valence-electron chi connectivity index (χ2n) is 7.06. The minimum atomic E-state index is -1.76. The number of nitrogens with zero attached hydrogens (tertiary/aromatic N) is 1. The maximum absolute atomic E-state index is 11.8. The number of benzene rings is 1. The normalized spacial score (nSPS) is 19.1. The fourth-order valence-electron chi connectivity index (χ4n) is 2.70. The van der Waals surface area contributed by atoms with Crippen LogP contribution in [0.4, 0.5) is 0 Å². The van der Waals surface area contributed by atoms with E-state index in [1.807, 2.05) is 12.3 Å². The molecule has 0 radical (unpaired) electrons. The summed E-state index contributed by atoms with van der Waals surface area (Å²) in [6.45, 7) is 1.01. The summed E-state index contributed by atoms with van der Waals surface area (Å²) in [6, 6.07) is 10.6.